The van der Waals surface area contributed by atoms with Gasteiger partial charge in [-0.15, -0.1) is 0 Å². The number of rotatable bonds is 2. The summed E-state index contributed by atoms with van der Waals surface area (Å²) in [6.07, 6.45) is 1.38. The second-order valence-electron chi connectivity index (χ2n) is 6.49. The minimum Gasteiger partial charge on any atom is -0.372 e. The normalized spacial score (nSPS) is 30.3. The lowest BCUT2D eigenvalue weighted by Gasteiger charge is -2.37. The van der Waals surface area contributed by atoms with Gasteiger partial charge in [0, 0.05) is 20.1 Å². The van der Waals surface area contributed by atoms with Crippen molar-refractivity contribution in [1.29, 1.82) is 0 Å². The summed E-state index contributed by atoms with van der Waals surface area (Å²) in [6.45, 7) is 4.44. The monoisotopic (exact) mass is 336 g/mol. The number of ether oxygens (including phenoxy) is 1. The van der Waals surface area contributed by atoms with Gasteiger partial charge in [0.1, 0.15) is 6.54 Å². The number of morpholine rings is 1. The van der Waals surface area contributed by atoms with E-state index in [2.05, 4.69) is 4.99 Å². The molecule has 4 amide bonds. The van der Waals surface area contributed by atoms with Gasteiger partial charge in [-0.1, -0.05) is 0 Å². The summed E-state index contributed by atoms with van der Waals surface area (Å²) in [6, 6.07) is -1.18. The van der Waals surface area contributed by atoms with Gasteiger partial charge in [-0.2, -0.15) is 0 Å². The van der Waals surface area contributed by atoms with Gasteiger partial charge in [-0.3, -0.25) is 19.4 Å². The number of hydrogen-bond acceptors (Lipinski definition) is 5. The quantitative estimate of drug-likeness (QED) is 0.603. The van der Waals surface area contributed by atoms with E-state index in [0.717, 1.165) is 4.90 Å². The molecule has 0 saturated carbocycles. The highest BCUT2D eigenvalue weighted by Crippen LogP contribution is 2.18. The van der Waals surface area contributed by atoms with Crippen molar-refractivity contribution >= 4 is 30.0 Å². The van der Waals surface area contributed by atoms with Crippen molar-refractivity contribution in [2.24, 2.45) is 4.99 Å². The van der Waals surface area contributed by atoms with Gasteiger partial charge in [-0.25, -0.2) is 9.37 Å². The Kier molecular flexibility index (Phi) is 4.12. The predicted octanol–water partition coefficient (Wildman–Crippen LogP) is -1.03. The van der Waals surface area contributed by atoms with Crippen LogP contribution in [0.25, 0.3) is 0 Å². The molecule has 0 N–H and O–H groups in total. The fraction of sp³-hybridized carbons (Fsp3) is 0.667. The molecule has 3 rings (SSSR count). The Hall–Kier alpha value is -2.29. The molecule has 3 aliphatic rings. The first-order valence-corrected chi connectivity index (χ1v) is 7.95. The number of likely N-dealkylation sites (N-methyl/N-ethyl adjacent to an activating group) is 2. The van der Waals surface area contributed by atoms with Gasteiger partial charge < -0.3 is 9.64 Å². The molecule has 0 bridgehead atoms. The Bertz CT molecular complexity index is 648. The van der Waals surface area contributed by atoms with Crippen molar-refractivity contribution in [2.75, 3.05) is 33.7 Å². The molecule has 130 valence electrons. The maximum absolute atomic E-state index is 12.7. The van der Waals surface area contributed by atoms with Crippen LogP contribution in [0.2, 0.25) is 0 Å². The van der Waals surface area contributed by atoms with Crippen LogP contribution >= 0.6 is 0 Å². The maximum Gasteiger partial charge on any atom is 0.334 e. The number of aliphatic imine (C=N–C) groups is 1. The highest BCUT2D eigenvalue weighted by molar-refractivity contribution is 6.22. The summed E-state index contributed by atoms with van der Waals surface area (Å²) in [4.78, 5) is 45.8. The van der Waals surface area contributed by atoms with Gasteiger partial charge in [0.25, 0.3) is 24.1 Å². The third-order valence-electron chi connectivity index (χ3n) is 4.45. The van der Waals surface area contributed by atoms with Crippen LogP contribution in [0.3, 0.4) is 0 Å². The van der Waals surface area contributed by atoms with E-state index in [-0.39, 0.29) is 24.7 Å². The summed E-state index contributed by atoms with van der Waals surface area (Å²) in [7, 11) is 3.28. The second kappa shape index (κ2) is 5.97. The van der Waals surface area contributed by atoms with E-state index in [1.54, 1.807) is 23.6 Å². The van der Waals surface area contributed by atoms with Crippen LogP contribution in [0.1, 0.15) is 13.8 Å². The smallest absolute Gasteiger partial charge is 0.334 e. The van der Waals surface area contributed by atoms with Gasteiger partial charge >= 0.3 is 6.03 Å². The number of amides is 4. The highest BCUT2D eigenvalue weighted by atomic mass is 16.5. The highest BCUT2D eigenvalue weighted by Gasteiger charge is 2.51. The van der Waals surface area contributed by atoms with Gasteiger partial charge in [0.15, 0.2) is 0 Å². The molecule has 0 aliphatic carbocycles. The van der Waals surface area contributed by atoms with Crippen molar-refractivity contribution in [3.8, 4) is 0 Å². The number of carbonyl (C=O) groups is 3. The number of urea groups is 1. The van der Waals surface area contributed by atoms with E-state index in [1.165, 1.54) is 11.2 Å². The van der Waals surface area contributed by atoms with Crippen molar-refractivity contribution in [3.63, 3.8) is 0 Å². The van der Waals surface area contributed by atoms with Gasteiger partial charge in [-0.05, 0) is 18.8 Å². The van der Waals surface area contributed by atoms with Crippen molar-refractivity contribution in [3.05, 3.63) is 0 Å². The lowest BCUT2D eigenvalue weighted by atomic mass is 10.1. The molecule has 3 unspecified atom stereocenters. The Morgan fingerprint density at radius 2 is 1.96 bits per heavy atom. The summed E-state index contributed by atoms with van der Waals surface area (Å²) in [5.74, 6) is -0.280. The van der Waals surface area contributed by atoms with Crippen LogP contribution in [0.15, 0.2) is 4.99 Å². The second-order valence-corrected chi connectivity index (χ2v) is 6.49. The van der Waals surface area contributed by atoms with Crippen LogP contribution in [0.5, 0.6) is 0 Å². The van der Waals surface area contributed by atoms with E-state index in [1.807, 2.05) is 13.8 Å². The largest absolute Gasteiger partial charge is 0.372 e. The number of carbonyl (C=O) groups excluding carboxylic acids is 3. The Morgan fingerprint density at radius 3 is 2.58 bits per heavy atom. The zero-order chi connectivity index (χ0) is 17.6. The SMILES string of the molecule is CC1CN(C(=O)CN2C(=O)C3C(=NC=[N+]3C)N(C)C2=O)CC(C)O1. The van der Waals surface area contributed by atoms with Crippen molar-refractivity contribution in [2.45, 2.75) is 32.1 Å². The Balaban J connectivity index is 1.75. The molecular weight excluding hydrogens is 314 g/mol. The minimum absolute atomic E-state index is 0.0672. The first-order chi connectivity index (χ1) is 11.3. The van der Waals surface area contributed by atoms with E-state index in [4.69, 9.17) is 4.74 Å². The van der Waals surface area contributed by atoms with Crippen LogP contribution in [-0.4, -0.2) is 101 Å². The molecule has 24 heavy (non-hydrogen) atoms. The first kappa shape index (κ1) is 16.6. The van der Waals surface area contributed by atoms with Crippen LogP contribution in [0.4, 0.5) is 4.79 Å². The lowest BCUT2D eigenvalue weighted by Crippen LogP contribution is -2.64. The van der Waals surface area contributed by atoms with Crippen LogP contribution < -0.4 is 0 Å². The average Bonchev–Trinajstić information content (AvgIpc) is 2.90. The zero-order valence-electron chi connectivity index (χ0n) is 14.3. The molecule has 9 heteroatoms. The van der Waals surface area contributed by atoms with Crippen molar-refractivity contribution < 1.29 is 23.7 Å². The molecule has 3 heterocycles. The molecule has 0 aromatic heterocycles. The van der Waals surface area contributed by atoms with E-state index in [9.17, 15) is 14.4 Å². The standard InChI is InChI=1S/C15H22N5O4/c1-9-5-19(6-10(2)24-9)11(21)7-20-14(22)12-13(16-8-17(12)3)18(4)15(20)23/h8-10,12H,5-7H2,1-4H3/q+1. The van der Waals surface area contributed by atoms with Crippen LogP contribution in [-0.2, 0) is 14.3 Å². The minimum atomic E-state index is -0.650. The van der Waals surface area contributed by atoms with E-state index in [0.29, 0.717) is 18.9 Å². The number of amidine groups is 1. The average molecular weight is 336 g/mol. The number of hydrogen-bond donors (Lipinski definition) is 0. The van der Waals surface area contributed by atoms with Gasteiger partial charge in [0.05, 0.1) is 19.3 Å². The molecular formula is C15H22N5O4+. The number of fused-ring (bicyclic) bond motifs is 1. The van der Waals surface area contributed by atoms with Crippen LogP contribution in [0, 0.1) is 0 Å². The summed E-state index contributed by atoms with van der Waals surface area (Å²) in [5.41, 5.74) is 0. The molecule has 0 radical (unpaired) electrons. The maximum atomic E-state index is 12.7. The van der Waals surface area contributed by atoms with Gasteiger partial charge in [0.2, 0.25) is 5.91 Å². The Morgan fingerprint density at radius 1 is 1.33 bits per heavy atom. The predicted molar refractivity (Wildman–Crippen MR) is 84.9 cm³/mol. The summed E-state index contributed by atoms with van der Waals surface area (Å²) in [5, 5.41) is 0. The number of nitrogens with zero attached hydrogens (tertiary/aromatic N) is 5. The molecule has 3 atom stereocenters. The summed E-state index contributed by atoms with van der Waals surface area (Å²) >= 11 is 0. The van der Waals surface area contributed by atoms with Crippen molar-refractivity contribution in [1.82, 2.24) is 14.7 Å². The molecule has 0 aromatic carbocycles. The fourth-order valence-corrected chi connectivity index (χ4v) is 3.31. The van der Waals surface area contributed by atoms with E-state index >= 15 is 0 Å². The lowest BCUT2D eigenvalue weighted by molar-refractivity contribution is -0.500. The molecule has 2 saturated heterocycles. The molecule has 9 nitrogen and oxygen atoms in total. The van der Waals surface area contributed by atoms with E-state index < -0.39 is 18.0 Å². The molecule has 0 spiro atoms. The molecule has 3 aliphatic heterocycles. The third kappa shape index (κ3) is 2.68. The first-order valence-electron chi connectivity index (χ1n) is 7.95. The third-order valence-corrected chi connectivity index (χ3v) is 4.45. The zero-order valence-corrected chi connectivity index (χ0v) is 14.3. The molecule has 0 aromatic rings. The fourth-order valence-electron chi connectivity index (χ4n) is 3.31. The molecule has 2 fully saturated rings. The summed E-state index contributed by atoms with van der Waals surface area (Å²) < 4.78 is 7.25. The number of imide groups is 1. The topological polar surface area (TPSA) is 85.5 Å². The Labute approximate surface area is 140 Å².